The molecule has 0 spiro atoms. The van der Waals surface area contributed by atoms with Gasteiger partial charge in [0.1, 0.15) is 0 Å². The van der Waals surface area contributed by atoms with Gasteiger partial charge < -0.3 is 5.32 Å². The first kappa shape index (κ1) is 9.39. The molecular formula is C6H14N2O2. The van der Waals surface area contributed by atoms with Crippen molar-refractivity contribution in [2.75, 3.05) is 20.2 Å². The smallest absolute Gasteiger partial charge is 0.244 e. The Labute approximate surface area is 60.9 Å². The molecule has 0 heterocycles. The van der Waals surface area contributed by atoms with Crippen LogP contribution in [0.15, 0.2) is 0 Å². The molecule has 0 aliphatic carbocycles. The van der Waals surface area contributed by atoms with Gasteiger partial charge in [-0.2, -0.15) is 0 Å². The molecule has 0 aromatic heterocycles. The highest BCUT2D eigenvalue weighted by Gasteiger charge is 1.96. The molecule has 4 heteroatoms. The average molecular weight is 146 g/mol. The molecule has 0 radical (unpaired) electrons. The summed E-state index contributed by atoms with van der Waals surface area (Å²) in [7, 11) is 1.42. The van der Waals surface area contributed by atoms with E-state index >= 15 is 0 Å². The van der Waals surface area contributed by atoms with Crippen LogP contribution in [0.2, 0.25) is 0 Å². The molecule has 0 aromatic rings. The fourth-order valence-electron chi connectivity index (χ4n) is 0.544. The first-order chi connectivity index (χ1) is 4.81. The maximum absolute atomic E-state index is 10.6. The topological polar surface area (TPSA) is 50.4 Å². The lowest BCUT2D eigenvalue weighted by Gasteiger charge is -2.01. The van der Waals surface area contributed by atoms with Crippen molar-refractivity contribution in [1.82, 2.24) is 10.8 Å². The van der Waals surface area contributed by atoms with Crippen LogP contribution in [0, 0.1) is 0 Å². The van der Waals surface area contributed by atoms with Gasteiger partial charge in [0.15, 0.2) is 0 Å². The SMILES string of the molecule is CCNCCC(=O)NOC. The first-order valence-corrected chi connectivity index (χ1v) is 3.33. The van der Waals surface area contributed by atoms with E-state index < -0.39 is 0 Å². The number of rotatable bonds is 5. The Morgan fingerprint density at radius 1 is 1.60 bits per heavy atom. The van der Waals surface area contributed by atoms with Crippen LogP contribution in [0.3, 0.4) is 0 Å². The molecule has 0 aliphatic rings. The van der Waals surface area contributed by atoms with Gasteiger partial charge in [0.25, 0.3) is 0 Å². The third-order valence-electron chi connectivity index (χ3n) is 0.995. The number of hydroxylamine groups is 1. The van der Waals surface area contributed by atoms with Gasteiger partial charge in [-0.1, -0.05) is 6.92 Å². The van der Waals surface area contributed by atoms with Crippen LogP contribution in [0.5, 0.6) is 0 Å². The molecule has 0 bridgehead atoms. The predicted octanol–water partition coefficient (Wildman–Crippen LogP) is -0.336. The van der Waals surface area contributed by atoms with Crippen molar-refractivity contribution in [1.29, 1.82) is 0 Å². The number of hydrogen-bond acceptors (Lipinski definition) is 3. The van der Waals surface area contributed by atoms with Crippen LogP contribution < -0.4 is 10.8 Å². The van der Waals surface area contributed by atoms with Gasteiger partial charge >= 0.3 is 0 Å². The summed E-state index contributed by atoms with van der Waals surface area (Å²) in [6.07, 6.45) is 0.460. The minimum Gasteiger partial charge on any atom is -0.316 e. The standard InChI is InChI=1S/C6H14N2O2/c1-3-7-5-4-6(9)8-10-2/h7H,3-5H2,1-2H3,(H,8,9). The molecule has 0 aromatic carbocycles. The zero-order valence-electron chi connectivity index (χ0n) is 6.44. The summed E-state index contributed by atoms with van der Waals surface area (Å²) in [6, 6.07) is 0. The maximum Gasteiger partial charge on any atom is 0.244 e. The van der Waals surface area contributed by atoms with Crippen molar-refractivity contribution in [3.05, 3.63) is 0 Å². The number of nitrogens with one attached hydrogen (secondary N) is 2. The molecule has 0 atom stereocenters. The minimum absolute atomic E-state index is 0.0940. The molecule has 2 N–H and O–H groups in total. The summed E-state index contributed by atoms with van der Waals surface area (Å²) >= 11 is 0. The van der Waals surface area contributed by atoms with E-state index in [1.54, 1.807) is 0 Å². The summed E-state index contributed by atoms with van der Waals surface area (Å²) in [6.45, 7) is 3.58. The van der Waals surface area contributed by atoms with Gasteiger partial charge in [-0.15, -0.1) is 0 Å². The van der Waals surface area contributed by atoms with Crippen LogP contribution >= 0.6 is 0 Å². The monoisotopic (exact) mass is 146 g/mol. The van der Waals surface area contributed by atoms with Gasteiger partial charge in [-0.3, -0.25) is 9.63 Å². The van der Waals surface area contributed by atoms with Gasteiger partial charge in [0.2, 0.25) is 5.91 Å². The second kappa shape index (κ2) is 6.51. The Morgan fingerprint density at radius 3 is 2.80 bits per heavy atom. The summed E-state index contributed by atoms with van der Waals surface area (Å²) < 4.78 is 0. The minimum atomic E-state index is -0.0940. The number of carbonyl (C=O) groups excluding carboxylic acids is 1. The van der Waals surface area contributed by atoms with Crippen LogP contribution in [0.1, 0.15) is 13.3 Å². The second-order valence-electron chi connectivity index (χ2n) is 1.83. The second-order valence-corrected chi connectivity index (χ2v) is 1.83. The molecule has 0 aliphatic heterocycles. The Kier molecular flexibility index (Phi) is 6.11. The number of carbonyl (C=O) groups is 1. The van der Waals surface area contributed by atoms with E-state index in [4.69, 9.17) is 0 Å². The van der Waals surface area contributed by atoms with E-state index in [1.165, 1.54) is 7.11 Å². The molecule has 4 nitrogen and oxygen atoms in total. The average Bonchev–Trinajstić information content (AvgIpc) is 1.89. The van der Waals surface area contributed by atoms with E-state index in [-0.39, 0.29) is 5.91 Å². The number of amides is 1. The van der Waals surface area contributed by atoms with Crippen molar-refractivity contribution in [2.45, 2.75) is 13.3 Å². The molecule has 60 valence electrons. The lowest BCUT2D eigenvalue weighted by atomic mass is 10.4. The largest absolute Gasteiger partial charge is 0.316 e. The molecular weight excluding hydrogens is 132 g/mol. The lowest BCUT2D eigenvalue weighted by Crippen LogP contribution is -2.26. The Bertz CT molecular complexity index is 95.7. The Balaban J connectivity index is 3.05. The first-order valence-electron chi connectivity index (χ1n) is 3.33. The Morgan fingerprint density at radius 2 is 2.30 bits per heavy atom. The summed E-state index contributed by atoms with van der Waals surface area (Å²) in [5, 5.41) is 3.02. The van der Waals surface area contributed by atoms with Crippen molar-refractivity contribution >= 4 is 5.91 Å². The van der Waals surface area contributed by atoms with Gasteiger partial charge in [0.05, 0.1) is 7.11 Å². The van der Waals surface area contributed by atoms with Crippen molar-refractivity contribution in [2.24, 2.45) is 0 Å². The fourth-order valence-corrected chi connectivity index (χ4v) is 0.544. The zero-order chi connectivity index (χ0) is 7.82. The lowest BCUT2D eigenvalue weighted by molar-refractivity contribution is -0.131. The zero-order valence-corrected chi connectivity index (χ0v) is 6.44. The predicted molar refractivity (Wildman–Crippen MR) is 38.3 cm³/mol. The quantitative estimate of drug-likeness (QED) is 0.412. The molecule has 0 fully saturated rings. The van der Waals surface area contributed by atoms with Gasteiger partial charge in [-0.05, 0) is 6.54 Å². The summed E-state index contributed by atoms with van der Waals surface area (Å²) in [4.78, 5) is 15.0. The van der Waals surface area contributed by atoms with Crippen molar-refractivity contribution in [3.63, 3.8) is 0 Å². The van der Waals surface area contributed by atoms with E-state index in [1.807, 2.05) is 6.92 Å². The van der Waals surface area contributed by atoms with Crippen LogP contribution in [-0.2, 0) is 9.63 Å². The van der Waals surface area contributed by atoms with Gasteiger partial charge in [0, 0.05) is 13.0 Å². The molecule has 0 saturated carbocycles. The summed E-state index contributed by atoms with van der Waals surface area (Å²) in [5.41, 5.74) is 2.23. The third kappa shape index (κ3) is 5.53. The highest BCUT2D eigenvalue weighted by atomic mass is 16.6. The van der Waals surface area contributed by atoms with E-state index in [9.17, 15) is 4.79 Å². The van der Waals surface area contributed by atoms with E-state index in [2.05, 4.69) is 15.6 Å². The molecule has 10 heavy (non-hydrogen) atoms. The normalized spacial score (nSPS) is 9.40. The highest BCUT2D eigenvalue weighted by Crippen LogP contribution is 1.75. The number of hydrogen-bond donors (Lipinski definition) is 2. The van der Waals surface area contributed by atoms with Crippen molar-refractivity contribution < 1.29 is 9.63 Å². The third-order valence-corrected chi connectivity index (χ3v) is 0.995. The fraction of sp³-hybridized carbons (Fsp3) is 0.833. The molecule has 0 unspecified atom stereocenters. The van der Waals surface area contributed by atoms with Crippen LogP contribution in [0.25, 0.3) is 0 Å². The van der Waals surface area contributed by atoms with E-state index in [0.717, 1.165) is 6.54 Å². The van der Waals surface area contributed by atoms with Crippen LogP contribution in [-0.4, -0.2) is 26.1 Å². The summed E-state index contributed by atoms with van der Waals surface area (Å²) in [5.74, 6) is -0.0940. The maximum atomic E-state index is 10.6. The van der Waals surface area contributed by atoms with Crippen LogP contribution in [0.4, 0.5) is 0 Å². The van der Waals surface area contributed by atoms with E-state index in [0.29, 0.717) is 13.0 Å². The van der Waals surface area contributed by atoms with Gasteiger partial charge in [-0.25, -0.2) is 5.48 Å². The molecule has 0 rings (SSSR count). The molecule has 0 saturated heterocycles. The molecule has 1 amide bonds. The Hall–Kier alpha value is -0.610. The highest BCUT2D eigenvalue weighted by molar-refractivity contribution is 5.74. The van der Waals surface area contributed by atoms with Crippen molar-refractivity contribution in [3.8, 4) is 0 Å².